The van der Waals surface area contributed by atoms with E-state index in [0.717, 1.165) is 12.1 Å². The number of ether oxygens (including phenoxy) is 1. The zero-order valence-corrected chi connectivity index (χ0v) is 12.3. The van der Waals surface area contributed by atoms with E-state index >= 15 is 0 Å². The summed E-state index contributed by atoms with van der Waals surface area (Å²) in [5.41, 5.74) is 0.955. The molecular formula is C13H11ClF3N3O2. The molecule has 2 aromatic rings. The first-order chi connectivity index (χ1) is 10.2. The summed E-state index contributed by atoms with van der Waals surface area (Å²) in [6.07, 6.45) is -4.76. The van der Waals surface area contributed by atoms with Crippen molar-refractivity contribution in [1.29, 1.82) is 0 Å². The van der Waals surface area contributed by atoms with Crippen LogP contribution in [-0.2, 0) is 7.05 Å². The van der Waals surface area contributed by atoms with Crippen molar-refractivity contribution in [1.82, 2.24) is 9.78 Å². The number of anilines is 1. The molecule has 0 aliphatic rings. The number of carbonyl (C=O) groups is 1. The summed E-state index contributed by atoms with van der Waals surface area (Å²) in [6, 6.07) is 4.74. The molecule has 2 rings (SSSR count). The number of hydrogen-bond donors (Lipinski definition) is 1. The van der Waals surface area contributed by atoms with Gasteiger partial charge in [0.15, 0.2) is 5.69 Å². The topological polar surface area (TPSA) is 56.1 Å². The quantitative estimate of drug-likeness (QED) is 0.934. The van der Waals surface area contributed by atoms with E-state index in [0.29, 0.717) is 11.4 Å². The minimum Gasteiger partial charge on any atom is -0.406 e. The number of nitrogens with one attached hydrogen (secondary N) is 1. The predicted octanol–water partition coefficient (Wildman–Crippen LogP) is 3.53. The van der Waals surface area contributed by atoms with Crippen LogP contribution < -0.4 is 10.1 Å². The van der Waals surface area contributed by atoms with E-state index in [-0.39, 0.29) is 16.5 Å². The fraction of sp³-hybridized carbons (Fsp3) is 0.231. The van der Waals surface area contributed by atoms with Crippen LogP contribution in [0.1, 0.15) is 16.2 Å². The summed E-state index contributed by atoms with van der Waals surface area (Å²) >= 11 is 5.98. The number of halogens is 4. The number of rotatable bonds is 3. The molecule has 118 valence electrons. The van der Waals surface area contributed by atoms with E-state index < -0.39 is 12.3 Å². The smallest absolute Gasteiger partial charge is 0.406 e. The molecule has 0 saturated heterocycles. The van der Waals surface area contributed by atoms with Crippen LogP contribution in [0.3, 0.4) is 0 Å². The van der Waals surface area contributed by atoms with Gasteiger partial charge < -0.3 is 10.1 Å². The molecule has 0 bridgehead atoms. The Morgan fingerprint density at radius 2 is 1.91 bits per heavy atom. The Bertz CT molecular complexity index is 696. The highest BCUT2D eigenvalue weighted by molar-refractivity contribution is 6.34. The number of hydrogen-bond acceptors (Lipinski definition) is 3. The van der Waals surface area contributed by atoms with Gasteiger partial charge >= 0.3 is 6.36 Å². The highest BCUT2D eigenvalue weighted by Gasteiger charge is 2.31. The lowest BCUT2D eigenvalue weighted by Gasteiger charge is -2.09. The molecule has 0 spiro atoms. The van der Waals surface area contributed by atoms with Gasteiger partial charge in [-0.05, 0) is 31.2 Å². The minimum absolute atomic E-state index is 0.0392. The molecule has 0 aliphatic carbocycles. The lowest BCUT2D eigenvalue weighted by atomic mass is 10.3. The maximum absolute atomic E-state index is 12.0. The lowest BCUT2D eigenvalue weighted by molar-refractivity contribution is -0.274. The van der Waals surface area contributed by atoms with Crippen molar-refractivity contribution in [3.05, 3.63) is 40.7 Å². The summed E-state index contributed by atoms with van der Waals surface area (Å²) in [7, 11) is 1.64. The van der Waals surface area contributed by atoms with Crippen molar-refractivity contribution >= 4 is 23.2 Å². The second kappa shape index (κ2) is 5.88. The van der Waals surface area contributed by atoms with Crippen LogP contribution in [0.15, 0.2) is 24.3 Å². The Labute approximate surface area is 128 Å². The number of aromatic nitrogens is 2. The van der Waals surface area contributed by atoms with Crippen LogP contribution in [0.25, 0.3) is 0 Å². The van der Waals surface area contributed by atoms with Gasteiger partial charge in [0.25, 0.3) is 5.91 Å². The molecule has 22 heavy (non-hydrogen) atoms. The molecule has 0 radical (unpaired) electrons. The second-order valence-corrected chi connectivity index (χ2v) is 4.78. The molecule has 0 unspecified atom stereocenters. The zero-order chi connectivity index (χ0) is 16.5. The summed E-state index contributed by atoms with van der Waals surface area (Å²) in [4.78, 5) is 12.0. The zero-order valence-electron chi connectivity index (χ0n) is 11.5. The molecule has 5 nitrogen and oxygen atoms in total. The molecule has 1 N–H and O–H groups in total. The number of carbonyl (C=O) groups excluding carboxylic acids is 1. The third-order valence-corrected chi connectivity index (χ3v) is 3.27. The first-order valence-corrected chi connectivity index (χ1v) is 6.41. The number of benzene rings is 1. The Balaban J connectivity index is 2.10. The SMILES string of the molecule is Cc1c(Cl)c(C(=O)Nc2ccc(OC(F)(F)F)cc2)nn1C. The summed E-state index contributed by atoms with van der Waals surface area (Å²) in [6.45, 7) is 1.70. The maximum Gasteiger partial charge on any atom is 0.573 e. The summed E-state index contributed by atoms with van der Waals surface area (Å²) < 4.78 is 41.3. The second-order valence-electron chi connectivity index (χ2n) is 4.40. The highest BCUT2D eigenvalue weighted by Crippen LogP contribution is 2.25. The van der Waals surface area contributed by atoms with E-state index in [4.69, 9.17) is 11.6 Å². The third-order valence-electron chi connectivity index (χ3n) is 2.82. The number of aryl methyl sites for hydroxylation is 1. The van der Waals surface area contributed by atoms with Crippen molar-refractivity contribution in [3.63, 3.8) is 0 Å². The van der Waals surface area contributed by atoms with E-state index in [2.05, 4.69) is 15.2 Å². The molecular weight excluding hydrogens is 323 g/mol. The van der Waals surface area contributed by atoms with Gasteiger partial charge in [-0.1, -0.05) is 11.6 Å². The van der Waals surface area contributed by atoms with Crippen LogP contribution >= 0.6 is 11.6 Å². The van der Waals surface area contributed by atoms with Gasteiger partial charge in [-0.15, -0.1) is 13.2 Å². The fourth-order valence-electron chi connectivity index (χ4n) is 1.66. The van der Waals surface area contributed by atoms with Gasteiger partial charge in [0.05, 0.1) is 10.7 Å². The maximum atomic E-state index is 12.0. The molecule has 1 heterocycles. The van der Waals surface area contributed by atoms with Gasteiger partial charge in [-0.2, -0.15) is 5.10 Å². The monoisotopic (exact) mass is 333 g/mol. The van der Waals surface area contributed by atoms with Gasteiger partial charge in [-0.25, -0.2) is 0 Å². The first kappa shape index (κ1) is 16.2. The molecule has 0 fully saturated rings. The number of nitrogens with zero attached hydrogens (tertiary/aromatic N) is 2. The molecule has 1 aromatic carbocycles. The summed E-state index contributed by atoms with van der Waals surface area (Å²) in [5.74, 6) is -0.935. The minimum atomic E-state index is -4.76. The number of alkyl halides is 3. The van der Waals surface area contributed by atoms with Crippen molar-refractivity contribution < 1.29 is 22.7 Å². The van der Waals surface area contributed by atoms with Crippen LogP contribution in [-0.4, -0.2) is 22.1 Å². The van der Waals surface area contributed by atoms with Crippen molar-refractivity contribution in [2.45, 2.75) is 13.3 Å². The van der Waals surface area contributed by atoms with Crippen molar-refractivity contribution in [2.75, 3.05) is 5.32 Å². The highest BCUT2D eigenvalue weighted by atomic mass is 35.5. The molecule has 0 atom stereocenters. The van der Waals surface area contributed by atoms with Crippen LogP contribution in [0, 0.1) is 6.92 Å². The van der Waals surface area contributed by atoms with Crippen LogP contribution in [0.4, 0.5) is 18.9 Å². The molecule has 0 aliphatic heterocycles. The molecule has 0 saturated carbocycles. The van der Waals surface area contributed by atoms with E-state index in [1.807, 2.05) is 0 Å². The van der Waals surface area contributed by atoms with Crippen LogP contribution in [0.5, 0.6) is 5.75 Å². The average Bonchev–Trinajstić information content (AvgIpc) is 2.67. The average molecular weight is 334 g/mol. The number of amides is 1. The summed E-state index contributed by atoms with van der Waals surface area (Å²) in [5, 5.41) is 6.68. The Morgan fingerprint density at radius 3 is 2.36 bits per heavy atom. The van der Waals surface area contributed by atoms with Gasteiger partial charge in [0.1, 0.15) is 5.75 Å². The Hall–Kier alpha value is -2.22. The molecule has 1 amide bonds. The fourth-order valence-corrected chi connectivity index (χ4v) is 1.90. The van der Waals surface area contributed by atoms with E-state index in [1.54, 1.807) is 14.0 Å². The Kier molecular flexibility index (Phi) is 4.32. The largest absolute Gasteiger partial charge is 0.573 e. The lowest BCUT2D eigenvalue weighted by Crippen LogP contribution is -2.17. The Morgan fingerprint density at radius 1 is 1.32 bits per heavy atom. The third kappa shape index (κ3) is 3.70. The standard InChI is InChI=1S/C13H11ClF3N3O2/c1-7-10(14)11(19-20(7)2)12(21)18-8-3-5-9(6-4-8)22-13(15,16)17/h3-6H,1-2H3,(H,18,21). The van der Waals surface area contributed by atoms with E-state index in [1.165, 1.54) is 16.8 Å². The normalized spacial score (nSPS) is 11.4. The van der Waals surface area contributed by atoms with Crippen molar-refractivity contribution in [2.24, 2.45) is 7.05 Å². The molecule has 1 aromatic heterocycles. The molecule has 9 heteroatoms. The first-order valence-electron chi connectivity index (χ1n) is 6.03. The van der Waals surface area contributed by atoms with Crippen molar-refractivity contribution in [3.8, 4) is 5.75 Å². The van der Waals surface area contributed by atoms with E-state index in [9.17, 15) is 18.0 Å². The van der Waals surface area contributed by atoms with Gasteiger partial charge in [0, 0.05) is 12.7 Å². The van der Waals surface area contributed by atoms with Gasteiger partial charge in [-0.3, -0.25) is 9.48 Å². The van der Waals surface area contributed by atoms with Crippen LogP contribution in [0.2, 0.25) is 5.02 Å². The predicted molar refractivity (Wildman–Crippen MR) is 74.0 cm³/mol. The van der Waals surface area contributed by atoms with Gasteiger partial charge in [0.2, 0.25) is 0 Å².